The van der Waals surface area contributed by atoms with Gasteiger partial charge in [-0.25, -0.2) is 0 Å². The number of carboxylic acids is 1. The Bertz CT molecular complexity index is 844. The van der Waals surface area contributed by atoms with E-state index in [-0.39, 0.29) is 30.7 Å². The first-order valence-corrected chi connectivity index (χ1v) is 8.37. The summed E-state index contributed by atoms with van der Waals surface area (Å²) in [4.78, 5) is 26.0. The van der Waals surface area contributed by atoms with Crippen molar-refractivity contribution < 1.29 is 33.3 Å². The van der Waals surface area contributed by atoms with E-state index < -0.39 is 17.8 Å². The summed E-state index contributed by atoms with van der Waals surface area (Å²) < 4.78 is 21.0. The van der Waals surface area contributed by atoms with Crippen LogP contribution in [0.5, 0.6) is 17.4 Å². The number of methoxy groups -OCH3 is 3. The molecule has 1 N–H and O–H groups in total. The second-order valence-electron chi connectivity index (χ2n) is 6.17. The molecule has 0 bridgehead atoms. The van der Waals surface area contributed by atoms with E-state index in [1.165, 1.54) is 32.3 Å². The largest absolute Gasteiger partial charge is 0.493 e. The number of hydrogen-bond donors (Lipinski definition) is 1. The fourth-order valence-electron chi connectivity index (χ4n) is 3.44. The van der Waals surface area contributed by atoms with Gasteiger partial charge in [-0.05, 0) is 12.1 Å². The zero-order valence-corrected chi connectivity index (χ0v) is 15.3. The molecule has 1 aromatic carbocycles. The zero-order chi connectivity index (χ0) is 19.6. The van der Waals surface area contributed by atoms with E-state index in [0.717, 1.165) is 0 Å². The Balaban J connectivity index is 1.92. The van der Waals surface area contributed by atoms with Crippen molar-refractivity contribution in [1.82, 2.24) is 4.90 Å². The minimum absolute atomic E-state index is 0.0716. The summed E-state index contributed by atoms with van der Waals surface area (Å²) in [5.41, 5.74) is 0.691. The van der Waals surface area contributed by atoms with Crippen molar-refractivity contribution in [1.29, 1.82) is 0 Å². The molecule has 0 spiro atoms. The standard InChI is InChI=1S/C19H21NO7/c1-24-14-6-4-5-11(17(14)26-3)12-9-20(10-13(12)19(22)23)18(21)15-7-8-16(25-2)27-15/h4-8,12-13H,9-10H2,1-3H3,(H,22,23)/t12-,13+/m0/s1. The van der Waals surface area contributed by atoms with E-state index >= 15 is 0 Å². The second-order valence-corrected chi connectivity index (χ2v) is 6.17. The molecule has 2 aromatic rings. The first kappa shape index (κ1) is 18.6. The van der Waals surface area contributed by atoms with E-state index in [9.17, 15) is 14.7 Å². The monoisotopic (exact) mass is 375 g/mol. The normalized spacial score (nSPS) is 19.0. The molecular formula is C19H21NO7. The van der Waals surface area contributed by atoms with E-state index in [4.69, 9.17) is 18.6 Å². The fraction of sp³-hybridized carbons (Fsp3) is 0.368. The Morgan fingerprint density at radius 3 is 2.44 bits per heavy atom. The van der Waals surface area contributed by atoms with Crippen LogP contribution in [0.15, 0.2) is 34.7 Å². The highest BCUT2D eigenvalue weighted by atomic mass is 16.6. The highest BCUT2D eigenvalue weighted by Crippen LogP contribution is 2.42. The highest BCUT2D eigenvalue weighted by Gasteiger charge is 2.42. The predicted octanol–water partition coefficient (Wildman–Crippen LogP) is 2.25. The maximum Gasteiger partial charge on any atom is 0.308 e. The minimum Gasteiger partial charge on any atom is -0.493 e. The van der Waals surface area contributed by atoms with Gasteiger partial charge in [0.05, 0.1) is 27.2 Å². The summed E-state index contributed by atoms with van der Waals surface area (Å²) in [6.07, 6.45) is 0. The number of aliphatic carboxylic acids is 1. The number of furan rings is 1. The molecule has 8 nitrogen and oxygen atoms in total. The first-order chi connectivity index (χ1) is 13.0. The van der Waals surface area contributed by atoms with Gasteiger partial charge in [-0.1, -0.05) is 12.1 Å². The second kappa shape index (κ2) is 7.61. The van der Waals surface area contributed by atoms with Crippen molar-refractivity contribution >= 4 is 11.9 Å². The molecule has 0 radical (unpaired) electrons. The van der Waals surface area contributed by atoms with Crippen LogP contribution in [0.25, 0.3) is 0 Å². The van der Waals surface area contributed by atoms with Gasteiger partial charge in [0.2, 0.25) is 0 Å². The molecule has 1 saturated heterocycles. The molecule has 0 aliphatic carbocycles. The summed E-state index contributed by atoms with van der Waals surface area (Å²) >= 11 is 0. The van der Waals surface area contributed by atoms with Gasteiger partial charge in [-0.15, -0.1) is 0 Å². The van der Waals surface area contributed by atoms with Crippen LogP contribution in [0.1, 0.15) is 22.0 Å². The molecular weight excluding hydrogens is 354 g/mol. The lowest BCUT2D eigenvalue weighted by Gasteiger charge is -2.20. The van der Waals surface area contributed by atoms with Gasteiger partial charge in [0, 0.05) is 30.6 Å². The summed E-state index contributed by atoms with van der Waals surface area (Å²) in [5, 5.41) is 9.69. The number of likely N-dealkylation sites (tertiary alicyclic amines) is 1. The molecule has 0 saturated carbocycles. The molecule has 1 fully saturated rings. The van der Waals surface area contributed by atoms with Gasteiger partial charge in [0.15, 0.2) is 17.3 Å². The number of para-hydroxylation sites is 1. The summed E-state index contributed by atoms with van der Waals surface area (Å²) in [6, 6.07) is 8.37. The number of rotatable bonds is 6. The molecule has 1 aliphatic heterocycles. The fourth-order valence-corrected chi connectivity index (χ4v) is 3.44. The number of amides is 1. The van der Waals surface area contributed by atoms with Crippen molar-refractivity contribution in [3.63, 3.8) is 0 Å². The molecule has 3 rings (SSSR count). The molecule has 2 atom stereocenters. The third-order valence-electron chi connectivity index (χ3n) is 4.75. The summed E-state index contributed by atoms with van der Waals surface area (Å²) in [7, 11) is 4.46. The zero-order valence-electron chi connectivity index (χ0n) is 15.3. The Kier molecular flexibility index (Phi) is 5.25. The Morgan fingerprint density at radius 1 is 1.07 bits per heavy atom. The van der Waals surface area contributed by atoms with Crippen LogP contribution in [0.4, 0.5) is 0 Å². The van der Waals surface area contributed by atoms with Gasteiger partial charge >= 0.3 is 5.97 Å². The average Bonchev–Trinajstić information content (AvgIpc) is 3.33. The molecule has 27 heavy (non-hydrogen) atoms. The smallest absolute Gasteiger partial charge is 0.308 e. The van der Waals surface area contributed by atoms with Crippen molar-refractivity contribution in [2.75, 3.05) is 34.4 Å². The van der Waals surface area contributed by atoms with E-state index in [2.05, 4.69) is 0 Å². The van der Waals surface area contributed by atoms with Crippen LogP contribution in [0.2, 0.25) is 0 Å². The molecule has 0 unspecified atom stereocenters. The van der Waals surface area contributed by atoms with Crippen molar-refractivity contribution in [2.45, 2.75) is 5.92 Å². The van der Waals surface area contributed by atoms with Crippen LogP contribution in [-0.4, -0.2) is 56.3 Å². The van der Waals surface area contributed by atoms with E-state index in [1.54, 1.807) is 24.3 Å². The highest BCUT2D eigenvalue weighted by molar-refractivity contribution is 5.92. The van der Waals surface area contributed by atoms with Gasteiger partial charge in [0.25, 0.3) is 11.9 Å². The molecule has 144 valence electrons. The lowest BCUT2D eigenvalue weighted by atomic mass is 9.88. The van der Waals surface area contributed by atoms with Crippen LogP contribution in [0.3, 0.4) is 0 Å². The molecule has 1 aromatic heterocycles. The molecule has 8 heteroatoms. The third-order valence-corrected chi connectivity index (χ3v) is 4.75. The third kappa shape index (κ3) is 3.42. The van der Waals surface area contributed by atoms with Gasteiger partial charge < -0.3 is 28.6 Å². The number of carbonyl (C=O) groups is 2. The molecule has 1 aliphatic rings. The number of carboxylic acid groups (broad SMARTS) is 1. The van der Waals surface area contributed by atoms with Crippen LogP contribution >= 0.6 is 0 Å². The molecule has 2 heterocycles. The lowest BCUT2D eigenvalue weighted by Crippen LogP contribution is -2.29. The van der Waals surface area contributed by atoms with E-state index in [0.29, 0.717) is 17.1 Å². The Morgan fingerprint density at radius 2 is 1.85 bits per heavy atom. The SMILES string of the molecule is COc1ccc(C(=O)N2C[C@@H](C(=O)O)[C@H](c3cccc(OC)c3OC)C2)o1. The van der Waals surface area contributed by atoms with Crippen molar-refractivity contribution in [3.8, 4) is 17.4 Å². The quantitative estimate of drug-likeness (QED) is 0.827. The number of carbonyl (C=O) groups excluding carboxylic acids is 1. The van der Waals surface area contributed by atoms with E-state index in [1.807, 2.05) is 0 Å². The molecule has 1 amide bonds. The van der Waals surface area contributed by atoms with Crippen LogP contribution < -0.4 is 14.2 Å². The maximum atomic E-state index is 12.7. The Hall–Kier alpha value is -3.16. The van der Waals surface area contributed by atoms with Gasteiger partial charge in [0.1, 0.15) is 0 Å². The average molecular weight is 375 g/mol. The lowest BCUT2D eigenvalue weighted by molar-refractivity contribution is -0.141. The summed E-state index contributed by atoms with van der Waals surface area (Å²) in [5.74, 6) is -1.25. The Labute approximate surface area is 156 Å². The predicted molar refractivity (Wildman–Crippen MR) is 94.6 cm³/mol. The van der Waals surface area contributed by atoms with Crippen molar-refractivity contribution in [3.05, 3.63) is 41.7 Å². The van der Waals surface area contributed by atoms with Crippen LogP contribution in [-0.2, 0) is 4.79 Å². The van der Waals surface area contributed by atoms with Crippen LogP contribution in [0, 0.1) is 5.92 Å². The number of benzene rings is 1. The van der Waals surface area contributed by atoms with Gasteiger partial charge in [-0.2, -0.15) is 0 Å². The number of hydrogen-bond acceptors (Lipinski definition) is 6. The van der Waals surface area contributed by atoms with Gasteiger partial charge in [-0.3, -0.25) is 9.59 Å². The maximum absolute atomic E-state index is 12.7. The first-order valence-electron chi connectivity index (χ1n) is 8.37. The summed E-state index contributed by atoms with van der Waals surface area (Å²) in [6.45, 7) is 0.296. The topological polar surface area (TPSA) is 98.4 Å². The van der Waals surface area contributed by atoms with Crippen molar-refractivity contribution in [2.24, 2.45) is 5.92 Å². The minimum atomic E-state index is -0.975. The number of nitrogens with zero attached hydrogens (tertiary/aromatic N) is 1. The number of ether oxygens (including phenoxy) is 3.